The van der Waals surface area contributed by atoms with Crippen LogP contribution in [-0.2, 0) is 6.54 Å². The van der Waals surface area contributed by atoms with Gasteiger partial charge in [-0.1, -0.05) is 53.2 Å². The molecule has 31 heavy (non-hydrogen) atoms. The molecule has 1 N–H and O–H groups in total. The van der Waals surface area contributed by atoms with Gasteiger partial charge in [0.1, 0.15) is 11.5 Å². The molecule has 162 valence electrons. The van der Waals surface area contributed by atoms with Crippen molar-refractivity contribution in [2.45, 2.75) is 18.1 Å². The van der Waals surface area contributed by atoms with Crippen LogP contribution in [0.2, 0.25) is 10.0 Å². The van der Waals surface area contributed by atoms with Crippen molar-refractivity contribution in [3.63, 3.8) is 0 Å². The van der Waals surface area contributed by atoms with Gasteiger partial charge in [0, 0.05) is 21.4 Å². The molecular formula is C21H20Cl3N5OS. The van der Waals surface area contributed by atoms with E-state index in [4.69, 9.17) is 27.6 Å². The van der Waals surface area contributed by atoms with Crippen molar-refractivity contribution in [2.75, 3.05) is 12.3 Å². The van der Waals surface area contributed by atoms with Crippen molar-refractivity contribution < 1.29 is 4.42 Å². The van der Waals surface area contributed by atoms with Gasteiger partial charge in [-0.05, 0) is 65.9 Å². The van der Waals surface area contributed by atoms with Crippen LogP contribution in [0.15, 0.2) is 70.2 Å². The number of furan rings is 1. The Labute approximate surface area is 200 Å². The molecule has 6 nitrogen and oxygen atoms in total. The van der Waals surface area contributed by atoms with Crippen molar-refractivity contribution in [1.82, 2.24) is 25.5 Å². The highest BCUT2D eigenvalue weighted by atomic mass is 35.5. The van der Waals surface area contributed by atoms with Gasteiger partial charge in [-0.15, -0.1) is 17.5 Å². The smallest absolute Gasteiger partial charge is 0.214 e. The lowest BCUT2D eigenvalue weighted by Gasteiger charge is -2.05. The van der Waals surface area contributed by atoms with Crippen LogP contribution in [0.4, 0.5) is 0 Å². The molecule has 0 radical (unpaired) electrons. The van der Waals surface area contributed by atoms with E-state index in [1.54, 1.807) is 22.5 Å². The zero-order chi connectivity index (χ0) is 20.8. The van der Waals surface area contributed by atoms with Crippen LogP contribution < -0.4 is 5.32 Å². The molecule has 0 aliphatic carbocycles. The second kappa shape index (κ2) is 11.5. The molecule has 0 saturated carbocycles. The number of halogens is 3. The number of hydrogen-bond acceptors (Lipinski definition) is 6. The third-order valence-electron chi connectivity index (χ3n) is 4.28. The van der Waals surface area contributed by atoms with Gasteiger partial charge in [0.25, 0.3) is 0 Å². The van der Waals surface area contributed by atoms with E-state index in [0.717, 1.165) is 46.6 Å². The van der Waals surface area contributed by atoms with Gasteiger partial charge in [0.15, 0.2) is 0 Å². The van der Waals surface area contributed by atoms with Crippen LogP contribution in [0.3, 0.4) is 0 Å². The Morgan fingerprint density at radius 1 is 1.00 bits per heavy atom. The van der Waals surface area contributed by atoms with Crippen LogP contribution >= 0.6 is 47.4 Å². The second-order valence-corrected chi connectivity index (χ2v) is 8.45. The molecule has 4 rings (SSSR count). The van der Waals surface area contributed by atoms with E-state index in [-0.39, 0.29) is 12.4 Å². The van der Waals surface area contributed by atoms with Gasteiger partial charge in [-0.2, -0.15) is 4.68 Å². The highest BCUT2D eigenvalue weighted by Crippen LogP contribution is 2.28. The molecule has 0 amide bonds. The maximum Gasteiger partial charge on any atom is 0.214 e. The molecule has 2 aromatic heterocycles. The zero-order valence-corrected chi connectivity index (χ0v) is 19.5. The van der Waals surface area contributed by atoms with Crippen molar-refractivity contribution >= 4 is 47.4 Å². The molecule has 0 saturated heterocycles. The number of benzene rings is 2. The maximum atomic E-state index is 6.07. The van der Waals surface area contributed by atoms with Gasteiger partial charge < -0.3 is 9.73 Å². The average Bonchev–Trinajstić information content (AvgIpc) is 3.40. The van der Waals surface area contributed by atoms with Gasteiger partial charge in [-0.25, -0.2) is 0 Å². The summed E-state index contributed by atoms with van der Waals surface area (Å²) in [4.78, 5) is 0. The number of nitrogens with zero attached hydrogens (tertiary/aromatic N) is 4. The third-order valence-corrected chi connectivity index (χ3v) is 5.72. The molecule has 0 unspecified atom stereocenters. The molecule has 0 aliphatic rings. The zero-order valence-electron chi connectivity index (χ0n) is 16.4. The Morgan fingerprint density at radius 3 is 2.55 bits per heavy atom. The Kier molecular flexibility index (Phi) is 8.80. The summed E-state index contributed by atoms with van der Waals surface area (Å²) in [6, 6.07) is 19.1. The summed E-state index contributed by atoms with van der Waals surface area (Å²) in [5, 5.41) is 17.3. The summed E-state index contributed by atoms with van der Waals surface area (Å²) in [6.07, 6.45) is 0.976. The molecule has 0 spiro atoms. The fourth-order valence-electron chi connectivity index (χ4n) is 2.90. The summed E-state index contributed by atoms with van der Waals surface area (Å²) in [6.45, 7) is 1.51. The van der Waals surface area contributed by atoms with Gasteiger partial charge in [-0.3, -0.25) is 0 Å². The standard InChI is InChI=1S/C21H19Cl2N5OS.ClH/c22-16-11-15(12-17(23)13-16)20-8-7-19(29-20)14-24-9-4-10-30-21-25-26-27-28(21)18-5-2-1-3-6-18;/h1-3,5-8,11-13,24H,4,9-10,14H2;1H. The fourth-order valence-corrected chi connectivity index (χ4v) is 4.25. The number of nitrogens with one attached hydrogen (secondary N) is 1. The number of aromatic nitrogens is 4. The molecule has 2 heterocycles. The molecule has 2 aromatic carbocycles. The van der Waals surface area contributed by atoms with E-state index in [2.05, 4.69) is 20.8 Å². The highest BCUT2D eigenvalue weighted by molar-refractivity contribution is 7.99. The minimum Gasteiger partial charge on any atom is -0.460 e. The predicted molar refractivity (Wildman–Crippen MR) is 128 cm³/mol. The predicted octanol–water partition coefficient (Wildman–Crippen LogP) is 5.92. The first-order valence-corrected chi connectivity index (χ1v) is 11.2. The van der Waals surface area contributed by atoms with Gasteiger partial charge in [0.2, 0.25) is 5.16 Å². The second-order valence-electron chi connectivity index (χ2n) is 6.51. The largest absolute Gasteiger partial charge is 0.460 e. The molecule has 4 aromatic rings. The van der Waals surface area contributed by atoms with Crippen molar-refractivity contribution in [1.29, 1.82) is 0 Å². The number of rotatable bonds is 9. The van der Waals surface area contributed by atoms with Crippen LogP contribution in [-0.4, -0.2) is 32.5 Å². The number of tetrazole rings is 1. The fraction of sp³-hybridized carbons (Fsp3) is 0.190. The summed E-state index contributed by atoms with van der Waals surface area (Å²) in [5.41, 5.74) is 1.82. The van der Waals surface area contributed by atoms with E-state index in [1.165, 1.54) is 0 Å². The SMILES string of the molecule is Cl.Clc1cc(Cl)cc(-c2ccc(CNCCCSc3nnnn3-c3ccccc3)o2)c1. The Morgan fingerprint density at radius 2 is 1.77 bits per heavy atom. The van der Waals surface area contributed by atoms with E-state index in [9.17, 15) is 0 Å². The maximum absolute atomic E-state index is 6.07. The first kappa shape index (κ1) is 23.6. The topological polar surface area (TPSA) is 68.8 Å². The summed E-state index contributed by atoms with van der Waals surface area (Å²) in [7, 11) is 0. The number of para-hydroxylation sites is 1. The Balaban J connectivity index is 0.00000272. The first-order valence-electron chi connectivity index (χ1n) is 9.41. The average molecular weight is 497 g/mol. The molecule has 0 atom stereocenters. The Bertz CT molecular complexity index is 1080. The lowest BCUT2D eigenvalue weighted by molar-refractivity contribution is 0.494. The first-order chi connectivity index (χ1) is 14.7. The highest BCUT2D eigenvalue weighted by Gasteiger charge is 2.09. The summed E-state index contributed by atoms with van der Waals surface area (Å²) < 4.78 is 7.65. The molecule has 0 fully saturated rings. The molecule has 0 bridgehead atoms. The van der Waals surface area contributed by atoms with Crippen molar-refractivity contribution in [2.24, 2.45) is 0 Å². The summed E-state index contributed by atoms with van der Waals surface area (Å²) in [5.74, 6) is 2.52. The quantitative estimate of drug-likeness (QED) is 0.229. The van der Waals surface area contributed by atoms with Crippen LogP contribution in [0.25, 0.3) is 17.0 Å². The minimum atomic E-state index is 0. The van der Waals surface area contributed by atoms with Crippen LogP contribution in [0.1, 0.15) is 12.2 Å². The van der Waals surface area contributed by atoms with Gasteiger partial charge in [0.05, 0.1) is 12.2 Å². The third kappa shape index (κ3) is 6.48. The lowest BCUT2D eigenvalue weighted by atomic mass is 10.2. The molecular weight excluding hydrogens is 477 g/mol. The van der Waals surface area contributed by atoms with E-state index >= 15 is 0 Å². The van der Waals surface area contributed by atoms with Crippen LogP contribution in [0, 0.1) is 0 Å². The Hall–Kier alpha value is -2.03. The van der Waals surface area contributed by atoms with Crippen molar-refractivity contribution in [3.05, 3.63) is 76.5 Å². The van der Waals surface area contributed by atoms with Crippen LogP contribution in [0.5, 0.6) is 0 Å². The molecule has 0 aliphatic heterocycles. The lowest BCUT2D eigenvalue weighted by Crippen LogP contribution is -2.14. The monoisotopic (exact) mass is 495 g/mol. The van der Waals surface area contributed by atoms with Crippen molar-refractivity contribution in [3.8, 4) is 17.0 Å². The molecule has 10 heteroatoms. The summed E-state index contributed by atoms with van der Waals surface area (Å²) >= 11 is 13.8. The number of thioether (sulfide) groups is 1. The normalized spacial score (nSPS) is 10.8. The minimum absolute atomic E-state index is 0. The van der Waals surface area contributed by atoms with Gasteiger partial charge >= 0.3 is 0 Å². The van der Waals surface area contributed by atoms with E-state index in [1.807, 2.05) is 54.6 Å². The number of hydrogen-bond donors (Lipinski definition) is 1. The van der Waals surface area contributed by atoms with E-state index in [0.29, 0.717) is 16.6 Å². The van der Waals surface area contributed by atoms with E-state index < -0.39 is 0 Å².